The molecule has 3 N–H and O–H groups in total. The van der Waals surface area contributed by atoms with Gasteiger partial charge in [-0.25, -0.2) is 4.79 Å². The number of ether oxygens (including phenoxy) is 1. The van der Waals surface area contributed by atoms with Crippen molar-refractivity contribution in [3.8, 4) is 0 Å². The molecule has 2 amide bonds. The lowest BCUT2D eigenvalue weighted by molar-refractivity contribution is 0.134. The number of aliphatic hydroxyl groups excluding tert-OH is 1. The number of rotatable bonds is 8. The Bertz CT molecular complexity index is 654. The lowest BCUT2D eigenvalue weighted by atomic mass is 10.1. The van der Waals surface area contributed by atoms with Crippen LogP contribution in [0.5, 0.6) is 0 Å². The summed E-state index contributed by atoms with van der Waals surface area (Å²) in [4.78, 5) is 11.9. The standard InChI is InChI=1S/C20H26N2O3/c1-3-25-14-17-8-6-16(7-9-17)12-21-20(24)22-13-19(23)18-10-4-15(2)5-11-18/h4-11,19,23H,3,12-14H2,1-2H3,(H2,21,22,24)/t19-/m0/s1. The molecule has 2 rings (SSSR count). The molecule has 0 bridgehead atoms. The molecule has 0 saturated heterocycles. The van der Waals surface area contributed by atoms with E-state index in [0.29, 0.717) is 19.8 Å². The number of nitrogens with one attached hydrogen (secondary N) is 2. The molecule has 0 aliphatic carbocycles. The molecule has 1 atom stereocenters. The van der Waals surface area contributed by atoms with Crippen LogP contribution in [0.4, 0.5) is 4.79 Å². The fraction of sp³-hybridized carbons (Fsp3) is 0.350. The van der Waals surface area contributed by atoms with Crippen LogP contribution in [0.3, 0.4) is 0 Å². The Hall–Kier alpha value is -2.37. The summed E-state index contributed by atoms with van der Waals surface area (Å²) in [5.41, 5.74) is 4.04. The molecule has 0 saturated carbocycles. The van der Waals surface area contributed by atoms with Crippen molar-refractivity contribution in [3.63, 3.8) is 0 Å². The van der Waals surface area contributed by atoms with E-state index in [2.05, 4.69) is 10.6 Å². The monoisotopic (exact) mass is 342 g/mol. The van der Waals surface area contributed by atoms with Gasteiger partial charge in [0.1, 0.15) is 0 Å². The third-order valence-electron chi connectivity index (χ3n) is 3.87. The second kappa shape index (κ2) is 9.81. The number of aliphatic hydroxyl groups is 1. The number of carbonyl (C=O) groups is 1. The van der Waals surface area contributed by atoms with Gasteiger partial charge in [0.15, 0.2) is 0 Å². The first-order chi connectivity index (χ1) is 12.1. The summed E-state index contributed by atoms with van der Waals surface area (Å²) in [7, 11) is 0. The molecule has 0 unspecified atom stereocenters. The molecule has 0 aromatic heterocycles. The van der Waals surface area contributed by atoms with Crippen molar-refractivity contribution in [2.24, 2.45) is 0 Å². The normalized spacial score (nSPS) is 11.8. The Labute approximate surface area is 149 Å². The summed E-state index contributed by atoms with van der Waals surface area (Å²) >= 11 is 0. The van der Waals surface area contributed by atoms with Crippen molar-refractivity contribution >= 4 is 6.03 Å². The molecule has 5 nitrogen and oxygen atoms in total. The summed E-state index contributed by atoms with van der Waals surface area (Å²) in [6.45, 7) is 5.85. The highest BCUT2D eigenvalue weighted by atomic mass is 16.5. The van der Waals surface area contributed by atoms with Crippen molar-refractivity contribution < 1.29 is 14.6 Å². The smallest absolute Gasteiger partial charge is 0.315 e. The maximum atomic E-state index is 11.9. The van der Waals surface area contributed by atoms with E-state index < -0.39 is 6.10 Å². The summed E-state index contributed by atoms with van der Waals surface area (Å²) in [5, 5.41) is 15.6. The number of hydrogen-bond donors (Lipinski definition) is 3. The summed E-state index contributed by atoms with van der Waals surface area (Å²) in [6.07, 6.45) is -0.718. The molecule has 0 radical (unpaired) electrons. The van der Waals surface area contributed by atoms with Crippen molar-refractivity contribution in [2.75, 3.05) is 13.2 Å². The molecule has 134 valence electrons. The summed E-state index contributed by atoms with van der Waals surface area (Å²) in [6, 6.07) is 15.2. The Morgan fingerprint density at radius 1 is 1.04 bits per heavy atom. The average molecular weight is 342 g/mol. The first-order valence-electron chi connectivity index (χ1n) is 8.50. The van der Waals surface area contributed by atoms with Gasteiger partial charge in [-0.1, -0.05) is 54.1 Å². The zero-order valence-electron chi connectivity index (χ0n) is 14.8. The predicted octanol–water partition coefficient (Wildman–Crippen LogP) is 3.06. The lowest BCUT2D eigenvalue weighted by Crippen LogP contribution is -2.37. The van der Waals surface area contributed by atoms with Gasteiger partial charge in [0.05, 0.1) is 12.7 Å². The molecule has 0 aliphatic heterocycles. The summed E-state index contributed by atoms with van der Waals surface area (Å²) in [5.74, 6) is 0. The number of hydrogen-bond acceptors (Lipinski definition) is 3. The highest BCUT2D eigenvalue weighted by molar-refractivity contribution is 5.73. The number of carbonyl (C=O) groups excluding carboxylic acids is 1. The Morgan fingerprint density at radius 2 is 1.68 bits per heavy atom. The second-order valence-electron chi connectivity index (χ2n) is 5.94. The van der Waals surface area contributed by atoms with Crippen LogP contribution in [0.2, 0.25) is 0 Å². The fourth-order valence-electron chi connectivity index (χ4n) is 2.31. The molecule has 0 fully saturated rings. The first kappa shape index (κ1) is 19.0. The second-order valence-corrected chi connectivity index (χ2v) is 5.94. The minimum absolute atomic E-state index is 0.169. The van der Waals surface area contributed by atoms with E-state index in [-0.39, 0.29) is 12.6 Å². The highest BCUT2D eigenvalue weighted by Gasteiger charge is 2.09. The topological polar surface area (TPSA) is 70.6 Å². The lowest BCUT2D eigenvalue weighted by Gasteiger charge is -2.13. The maximum Gasteiger partial charge on any atom is 0.315 e. The van der Waals surface area contributed by atoms with Crippen LogP contribution < -0.4 is 10.6 Å². The predicted molar refractivity (Wildman–Crippen MR) is 98.1 cm³/mol. The highest BCUT2D eigenvalue weighted by Crippen LogP contribution is 2.12. The minimum Gasteiger partial charge on any atom is -0.387 e. The maximum absolute atomic E-state index is 11.9. The molecular formula is C20H26N2O3. The Kier molecular flexibility index (Phi) is 7.44. The van der Waals surface area contributed by atoms with Gasteiger partial charge in [-0.2, -0.15) is 0 Å². The van der Waals surface area contributed by atoms with Crippen LogP contribution in [0.1, 0.15) is 35.3 Å². The van der Waals surface area contributed by atoms with Crippen molar-refractivity contribution in [3.05, 3.63) is 70.8 Å². The van der Waals surface area contributed by atoms with Crippen LogP contribution in [0, 0.1) is 6.92 Å². The number of urea groups is 1. The van der Waals surface area contributed by atoms with Gasteiger partial charge in [-0.3, -0.25) is 0 Å². The van der Waals surface area contributed by atoms with E-state index in [9.17, 15) is 9.90 Å². The van der Waals surface area contributed by atoms with Gasteiger partial charge in [0, 0.05) is 19.7 Å². The molecule has 5 heteroatoms. The number of amides is 2. The SMILES string of the molecule is CCOCc1ccc(CNC(=O)NC[C@H](O)c2ccc(C)cc2)cc1. The zero-order valence-corrected chi connectivity index (χ0v) is 14.8. The molecule has 25 heavy (non-hydrogen) atoms. The van der Waals surface area contributed by atoms with Gasteiger partial charge < -0.3 is 20.5 Å². The summed E-state index contributed by atoms with van der Waals surface area (Å²) < 4.78 is 5.35. The van der Waals surface area contributed by atoms with Gasteiger partial charge in [-0.05, 0) is 30.5 Å². The van der Waals surface area contributed by atoms with Gasteiger partial charge in [-0.15, -0.1) is 0 Å². The van der Waals surface area contributed by atoms with E-state index in [1.807, 2.05) is 62.4 Å². The molecule has 0 aliphatic rings. The first-order valence-corrected chi connectivity index (χ1v) is 8.50. The fourth-order valence-corrected chi connectivity index (χ4v) is 2.31. The molecule has 2 aromatic rings. The van der Waals surface area contributed by atoms with Gasteiger partial charge >= 0.3 is 6.03 Å². The molecule has 0 heterocycles. The molecular weight excluding hydrogens is 316 g/mol. The van der Waals surface area contributed by atoms with Crippen LogP contribution in [0.25, 0.3) is 0 Å². The minimum atomic E-state index is -0.718. The Balaban J connectivity index is 1.72. The van der Waals surface area contributed by atoms with Crippen molar-refractivity contribution in [1.82, 2.24) is 10.6 Å². The van der Waals surface area contributed by atoms with Gasteiger partial charge in [0.2, 0.25) is 0 Å². The van der Waals surface area contributed by atoms with Crippen LogP contribution in [0.15, 0.2) is 48.5 Å². The zero-order chi connectivity index (χ0) is 18.1. The third kappa shape index (κ3) is 6.57. The van der Waals surface area contributed by atoms with Crippen molar-refractivity contribution in [1.29, 1.82) is 0 Å². The number of benzene rings is 2. The van der Waals surface area contributed by atoms with E-state index >= 15 is 0 Å². The Morgan fingerprint density at radius 3 is 2.32 bits per heavy atom. The molecule has 0 spiro atoms. The van der Waals surface area contributed by atoms with Crippen molar-refractivity contribution in [2.45, 2.75) is 33.1 Å². The largest absolute Gasteiger partial charge is 0.387 e. The third-order valence-corrected chi connectivity index (χ3v) is 3.87. The van der Waals surface area contributed by atoms with Crippen LogP contribution >= 0.6 is 0 Å². The van der Waals surface area contributed by atoms with E-state index in [1.165, 1.54) is 0 Å². The van der Waals surface area contributed by atoms with Gasteiger partial charge in [0.25, 0.3) is 0 Å². The van der Waals surface area contributed by atoms with E-state index in [1.54, 1.807) is 0 Å². The van der Waals surface area contributed by atoms with Crippen LogP contribution in [-0.2, 0) is 17.9 Å². The quantitative estimate of drug-likeness (QED) is 0.690. The van der Waals surface area contributed by atoms with Crippen LogP contribution in [-0.4, -0.2) is 24.3 Å². The average Bonchev–Trinajstić information content (AvgIpc) is 2.64. The van der Waals surface area contributed by atoms with E-state index in [4.69, 9.17) is 4.74 Å². The van der Waals surface area contributed by atoms with E-state index in [0.717, 1.165) is 22.3 Å². The molecule has 2 aromatic carbocycles. The number of aryl methyl sites for hydroxylation is 1.